The number of nitriles is 1. The van der Waals surface area contributed by atoms with Crippen LogP contribution in [-0.4, -0.2) is 25.6 Å². The Hall–Kier alpha value is -2.76. The van der Waals surface area contributed by atoms with Gasteiger partial charge in [0.2, 0.25) is 0 Å². The zero-order valence-electron chi connectivity index (χ0n) is 17.0. The maximum Gasteiger partial charge on any atom is 0.335 e. The molecule has 0 aromatic heterocycles. The fourth-order valence-corrected chi connectivity index (χ4v) is 6.17. The number of benzene rings is 2. The first-order valence-electron chi connectivity index (χ1n) is 10.6. The van der Waals surface area contributed by atoms with E-state index >= 15 is 0 Å². The van der Waals surface area contributed by atoms with Gasteiger partial charge in [0.25, 0.3) is 10.0 Å². The molecule has 9 heteroatoms. The van der Waals surface area contributed by atoms with E-state index in [2.05, 4.69) is 4.72 Å². The molecule has 0 bridgehead atoms. The van der Waals surface area contributed by atoms with Gasteiger partial charge >= 0.3 is 5.97 Å². The molecule has 2 aromatic carbocycles. The van der Waals surface area contributed by atoms with E-state index in [-0.39, 0.29) is 44.5 Å². The first-order valence-corrected chi connectivity index (χ1v) is 12.4. The lowest BCUT2D eigenvalue weighted by Gasteiger charge is -2.20. The van der Waals surface area contributed by atoms with Gasteiger partial charge < -0.3 is 9.84 Å². The summed E-state index contributed by atoms with van der Waals surface area (Å²) in [4.78, 5) is 11.4. The zero-order valence-corrected chi connectivity index (χ0v) is 18.6. The predicted octanol–water partition coefficient (Wildman–Crippen LogP) is 4.77. The number of carboxylic acids is 1. The Morgan fingerprint density at radius 3 is 2.50 bits per heavy atom. The maximum atomic E-state index is 13.4. The molecule has 0 spiro atoms. The van der Waals surface area contributed by atoms with Gasteiger partial charge in [-0.1, -0.05) is 17.7 Å². The third-order valence-electron chi connectivity index (χ3n) is 6.50. The van der Waals surface area contributed by atoms with Crippen molar-refractivity contribution in [3.05, 3.63) is 52.0 Å². The predicted molar refractivity (Wildman–Crippen MR) is 118 cm³/mol. The molecule has 0 amide bonds. The Balaban J connectivity index is 1.51. The van der Waals surface area contributed by atoms with Crippen molar-refractivity contribution in [3.8, 4) is 11.8 Å². The highest BCUT2D eigenvalue weighted by Gasteiger charge is 2.47. The van der Waals surface area contributed by atoms with E-state index in [1.807, 2.05) is 6.07 Å². The zero-order chi connectivity index (χ0) is 22.6. The summed E-state index contributed by atoms with van der Waals surface area (Å²) in [7, 11) is -4.15. The number of halogens is 1. The highest BCUT2D eigenvalue weighted by Crippen LogP contribution is 2.53. The quantitative estimate of drug-likeness (QED) is 0.599. The monoisotopic (exact) mass is 472 g/mol. The van der Waals surface area contributed by atoms with Crippen LogP contribution in [0.3, 0.4) is 0 Å². The van der Waals surface area contributed by atoms with E-state index in [9.17, 15) is 23.6 Å². The molecule has 3 fully saturated rings. The standard InChI is InChI=1S/C23H21ClN2O5S/c24-19-10-21(31-17-6-14-5-15(14)7-17)20(8-16(19)11-25)26-32(29,30)22-9-13(23(27)28)3-4-18(22)12-1-2-12/h3-4,8-10,12,14-15,17,26H,1-2,5-7H2,(H,27,28). The Kier molecular flexibility index (Phi) is 5.06. The third kappa shape index (κ3) is 4.03. The summed E-state index contributed by atoms with van der Waals surface area (Å²) >= 11 is 6.20. The van der Waals surface area contributed by atoms with Gasteiger partial charge in [0, 0.05) is 6.07 Å². The van der Waals surface area contributed by atoms with E-state index in [4.69, 9.17) is 16.3 Å². The summed E-state index contributed by atoms with van der Waals surface area (Å²) in [6, 6.07) is 8.97. The average molecular weight is 473 g/mol. The number of hydrogen-bond acceptors (Lipinski definition) is 5. The van der Waals surface area contributed by atoms with Crippen molar-refractivity contribution in [2.45, 2.75) is 49.0 Å². The summed E-state index contributed by atoms with van der Waals surface area (Å²) in [6.45, 7) is 0. The highest BCUT2D eigenvalue weighted by molar-refractivity contribution is 7.92. The maximum absolute atomic E-state index is 13.4. The fourth-order valence-electron chi connectivity index (χ4n) is 4.58. The molecule has 2 atom stereocenters. The normalized spacial score (nSPS) is 23.8. The van der Waals surface area contributed by atoms with Gasteiger partial charge in [0.1, 0.15) is 11.8 Å². The van der Waals surface area contributed by atoms with Crippen LogP contribution < -0.4 is 9.46 Å². The second-order valence-electron chi connectivity index (χ2n) is 8.84. The van der Waals surface area contributed by atoms with Crippen LogP contribution in [0.4, 0.5) is 5.69 Å². The summed E-state index contributed by atoms with van der Waals surface area (Å²) < 4.78 is 35.4. The number of sulfonamides is 1. The number of fused-ring (bicyclic) bond motifs is 1. The van der Waals surface area contributed by atoms with Crippen molar-refractivity contribution in [3.63, 3.8) is 0 Å². The molecule has 7 nitrogen and oxygen atoms in total. The number of nitrogens with zero attached hydrogens (tertiary/aromatic N) is 1. The van der Waals surface area contributed by atoms with Crippen LogP contribution in [0.2, 0.25) is 5.02 Å². The molecule has 2 unspecified atom stereocenters. The lowest BCUT2D eigenvalue weighted by atomic mass is 10.1. The number of aromatic carboxylic acids is 1. The number of anilines is 1. The molecule has 3 saturated carbocycles. The molecule has 0 heterocycles. The van der Waals surface area contributed by atoms with E-state index in [0.717, 1.165) is 25.7 Å². The smallest absolute Gasteiger partial charge is 0.335 e. The molecule has 3 aliphatic rings. The van der Waals surface area contributed by atoms with E-state index in [1.165, 1.54) is 30.7 Å². The molecular formula is C23H21ClN2O5S. The number of carboxylic acid groups (broad SMARTS) is 1. The summed E-state index contributed by atoms with van der Waals surface area (Å²) in [6.07, 6.45) is 4.74. The second kappa shape index (κ2) is 7.68. The van der Waals surface area contributed by atoms with Gasteiger partial charge in [-0.15, -0.1) is 0 Å². The molecule has 5 rings (SSSR count). The van der Waals surface area contributed by atoms with Crippen molar-refractivity contribution in [1.82, 2.24) is 0 Å². The van der Waals surface area contributed by atoms with Crippen LogP contribution in [0.1, 0.15) is 59.5 Å². The highest BCUT2D eigenvalue weighted by atomic mass is 35.5. The van der Waals surface area contributed by atoms with Crippen molar-refractivity contribution < 1.29 is 23.1 Å². The molecule has 0 aliphatic heterocycles. The SMILES string of the molecule is N#Cc1cc(NS(=O)(=O)c2cc(C(=O)O)ccc2C2CC2)c(OC2CC3CC3C2)cc1Cl. The molecule has 0 radical (unpaired) electrons. The Labute approximate surface area is 191 Å². The fraction of sp³-hybridized carbons (Fsp3) is 0.391. The molecule has 2 N–H and O–H groups in total. The molecule has 32 heavy (non-hydrogen) atoms. The first-order chi connectivity index (χ1) is 15.2. The van der Waals surface area contributed by atoms with Gasteiger partial charge in [-0.05, 0) is 73.6 Å². The molecule has 0 saturated heterocycles. The average Bonchev–Trinajstić information content (AvgIpc) is 3.68. The van der Waals surface area contributed by atoms with Gasteiger partial charge in [-0.2, -0.15) is 5.26 Å². The van der Waals surface area contributed by atoms with Crippen LogP contribution in [-0.2, 0) is 10.0 Å². The minimum atomic E-state index is -4.15. The van der Waals surface area contributed by atoms with Crippen molar-refractivity contribution in [1.29, 1.82) is 5.26 Å². The molecule has 2 aromatic rings. The van der Waals surface area contributed by atoms with Gasteiger partial charge in [0.15, 0.2) is 0 Å². The summed E-state index contributed by atoms with van der Waals surface area (Å²) in [5.74, 6) is 0.505. The number of nitrogens with one attached hydrogen (secondary N) is 1. The second-order valence-corrected chi connectivity index (χ2v) is 10.9. The topological polar surface area (TPSA) is 116 Å². The largest absolute Gasteiger partial charge is 0.488 e. The molecule has 166 valence electrons. The number of hydrogen-bond donors (Lipinski definition) is 2. The number of rotatable bonds is 7. The molecular weight excluding hydrogens is 452 g/mol. The lowest BCUT2D eigenvalue weighted by Crippen LogP contribution is -2.19. The number of carbonyl (C=O) groups is 1. The third-order valence-corrected chi connectivity index (χ3v) is 8.23. The van der Waals surface area contributed by atoms with Gasteiger partial charge in [0.05, 0.1) is 32.8 Å². The first kappa shape index (κ1) is 21.1. The minimum absolute atomic E-state index is 0.0247. The van der Waals surface area contributed by atoms with Crippen LogP contribution >= 0.6 is 11.6 Å². The minimum Gasteiger partial charge on any atom is -0.488 e. The van der Waals surface area contributed by atoms with Crippen LogP contribution in [0.15, 0.2) is 35.2 Å². The van der Waals surface area contributed by atoms with Crippen LogP contribution in [0, 0.1) is 23.2 Å². The van der Waals surface area contributed by atoms with Crippen molar-refractivity contribution in [2.75, 3.05) is 4.72 Å². The lowest BCUT2D eigenvalue weighted by molar-refractivity contribution is 0.0696. The Morgan fingerprint density at radius 1 is 1.16 bits per heavy atom. The van der Waals surface area contributed by atoms with Gasteiger partial charge in [-0.25, -0.2) is 13.2 Å². The summed E-state index contributed by atoms with van der Waals surface area (Å²) in [5.41, 5.74) is 0.724. The summed E-state index contributed by atoms with van der Waals surface area (Å²) in [5, 5.41) is 18.9. The molecule has 3 aliphatic carbocycles. The van der Waals surface area contributed by atoms with E-state index in [0.29, 0.717) is 17.4 Å². The Morgan fingerprint density at radius 2 is 1.88 bits per heavy atom. The van der Waals surface area contributed by atoms with Crippen molar-refractivity contribution in [2.24, 2.45) is 11.8 Å². The van der Waals surface area contributed by atoms with Crippen molar-refractivity contribution >= 4 is 33.3 Å². The van der Waals surface area contributed by atoms with E-state index in [1.54, 1.807) is 6.07 Å². The Bertz CT molecular complexity index is 1260. The van der Waals surface area contributed by atoms with Crippen LogP contribution in [0.25, 0.3) is 0 Å². The number of ether oxygens (including phenoxy) is 1. The van der Waals surface area contributed by atoms with Gasteiger partial charge in [-0.3, -0.25) is 4.72 Å². The van der Waals surface area contributed by atoms with Crippen LogP contribution in [0.5, 0.6) is 5.75 Å². The van der Waals surface area contributed by atoms with E-state index < -0.39 is 16.0 Å².